The van der Waals surface area contributed by atoms with Crippen LogP contribution in [0, 0.1) is 5.41 Å². The van der Waals surface area contributed by atoms with E-state index in [-0.39, 0.29) is 5.41 Å². The predicted octanol–water partition coefficient (Wildman–Crippen LogP) is 4.88. The van der Waals surface area contributed by atoms with Gasteiger partial charge < -0.3 is 5.32 Å². The standard InChI is InChI=1S/C15H21Cl2N/c1-4-7-18-14-9-12(15(14,2)3)11-6-5-10(16)8-13(11)17/h5-6,8,12,14,18H,4,7,9H2,1-3H3. The van der Waals surface area contributed by atoms with Crippen LogP contribution in [0.5, 0.6) is 0 Å². The normalized spacial score (nSPS) is 25.8. The van der Waals surface area contributed by atoms with Crippen molar-refractivity contribution >= 4 is 23.2 Å². The van der Waals surface area contributed by atoms with Crippen molar-refractivity contribution in [2.45, 2.75) is 45.6 Å². The molecule has 1 aromatic rings. The summed E-state index contributed by atoms with van der Waals surface area (Å²) in [5, 5.41) is 5.13. The van der Waals surface area contributed by atoms with Crippen LogP contribution in [0.2, 0.25) is 10.0 Å². The predicted molar refractivity (Wildman–Crippen MR) is 79.7 cm³/mol. The molecular weight excluding hydrogens is 265 g/mol. The van der Waals surface area contributed by atoms with E-state index in [0.717, 1.165) is 18.0 Å². The van der Waals surface area contributed by atoms with Gasteiger partial charge in [0.2, 0.25) is 0 Å². The minimum Gasteiger partial charge on any atom is -0.313 e. The molecule has 0 aliphatic heterocycles. The van der Waals surface area contributed by atoms with Crippen LogP contribution >= 0.6 is 23.2 Å². The SMILES string of the molecule is CCCNC1CC(c2ccc(Cl)cc2Cl)C1(C)C. The lowest BCUT2D eigenvalue weighted by atomic mass is 9.56. The smallest absolute Gasteiger partial charge is 0.0455 e. The van der Waals surface area contributed by atoms with E-state index >= 15 is 0 Å². The number of rotatable bonds is 4. The highest BCUT2D eigenvalue weighted by molar-refractivity contribution is 6.35. The summed E-state index contributed by atoms with van der Waals surface area (Å²) in [4.78, 5) is 0. The maximum absolute atomic E-state index is 6.31. The van der Waals surface area contributed by atoms with Crippen molar-refractivity contribution in [2.24, 2.45) is 5.41 Å². The average Bonchev–Trinajstić information content (AvgIpc) is 2.30. The summed E-state index contributed by atoms with van der Waals surface area (Å²) in [5.74, 6) is 0.525. The van der Waals surface area contributed by atoms with Crippen molar-refractivity contribution in [3.8, 4) is 0 Å². The van der Waals surface area contributed by atoms with Crippen molar-refractivity contribution < 1.29 is 0 Å². The molecule has 18 heavy (non-hydrogen) atoms. The van der Waals surface area contributed by atoms with Crippen LogP contribution in [0.25, 0.3) is 0 Å². The molecule has 1 aliphatic carbocycles. The zero-order valence-corrected chi connectivity index (χ0v) is 12.8. The van der Waals surface area contributed by atoms with Crippen molar-refractivity contribution in [1.29, 1.82) is 0 Å². The Balaban J connectivity index is 2.12. The fourth-order valence-electron chi connectivity index (χ4n) is 2.90. The second-order valence-electron chi connectivity index (χ2n) is 5.78. The lowest BCUT2D eigenvalue weighted by Crippen LogP contribution is -2.55. The Morgan fingerprint density at radius 3 is 2.61 bits per heavy atom. The van der Waals surface area contributed by atoms with Gasteiger partial charge in [0.25, 0.3) is 0 Å². The summed E-state index contributed by atoms with van der Waals surface area (Å²) in [5.41, 5.74) is 1.49. The van der Waals surface area contributed by atoms with Gasteiger partial charge in [-0.1, -0.05) is 50.0 Å². The number of halogens is 2. The van der Waals surface area contributed by atoms with Crippen LogP contribution in [0.1, 0.15) is 45.1 Å². The molecule has 1 aliphatic rings. The van der Waals surface area contributed by atoms with Crippen LogP contribution in [0.15, 0.2) is 18.2 Å². The third kappa shape index (κ3) is 2.54. The molecular formula is C15H21Cl2N. The van der Waals surface area contributed by atoms with Gasteiger partial charge in [-0.25, -0.2) is 0 Å². The molecule has 1 N–H and O–H groups in total. The van der Waals surface area contributed by atoms with E-state index in [4.69, 9.17) is 23.2 Å². The molecule has 2 atom stereocenters. The van der Waals surface area contributed by atoms with Crippen LogP contribution in [0.4, 0.5) is 0 Å². The Morgan fingerprint density at radius 2 is 2.06 bits per heavy atom. The molecule has 2 unspecified atom stereocenters. The Morgan fingerprint density at radius 1 is 1.33 bits per heavy atom. The minimum absolute atomic E-state index is 0.257. The monoisotopic (exact) mass is 285 g/mol. The Labute approximate surface area is 120 Å². The Bertz CT molecular complexity index is 429. The lowest BCUT2D eigenvalue weighted by Gasteiger charge is -2.53. The number of hydrogen-bond donors (Lipinski definition) is 1. The lowest BCUT2D eigenvalue weighted by molar-refractivity contribution is 0.0695. The van der Waals surface area contributed by atoms with Crippen LogP contribution < -0.4 is 5.32 Å². The summed E-state index contributed by atoms with van der Waals surface area (Å²) in [6.07, 6.45) is 2.34. The van der Waals surface area contributed by atoms with Crippen LogP contribution in [-0.2, 0) is 0 Å². The first kappa shape index (κ1) is 14.2. The molecule has 3 heteroatoms. The van der Waals surface area contributed by atoms with Crippen LogP contribution in [-0.4, -0.2) is 12.6 Å². The average molecular weight is 286 g/mol. The molecule has 0 saturated heterocycles. The number of nitrogens with one attached hydrogen (secondary N) is 1. The van der Waals surface area contributed by atoms with E-state index in [9.17, 15) is 0 Å². The minimum atomic E-state index is 0.257. The highest BCUT2D eigenvalue weighted by atomic mass is 35.5. The zero-order valence-electron chi connectivity index (χ0n) is 11.3. The van der Waals surface area contributed by atoms with E-state index in [1.165, 1.54) is 12.0 Å². The molecule has 1 saturated carbocycles. The van der Waals surface area contributed by atoms with Gasteiger partial charge in [-0.15, -0.1) is 0 Å². The molecule has 0 spiro atoms. The van der Waals surface area contributed by atoms with Crippen molar-refractivity contribution in [3.05, 3.63) is 33.8 Å². The molecule has 1 nitrogen and oxygen atoms in total. The van der Waals surface area contributed by atoms with Crippen molar-refractivity contribution in [2.75, 3.05) is 6.54 Å². The fourth-order valence-corrected chi connectivity index (χ4v) is 3.44. The molecule has 0 aromatic heterocycles. The van der Waals surface area contributed by atoms with Gasteiger partial charge in [-0.05, 0) is 48.4 Å². The number of hydrogen-bond acceptors (Lipinski definition) is 1. The molecule has 2 rings (SSSR count). The Kier molecular flexibility index (Phi) is 4.25. The summed E-state index contributed by atoms with van der Waals surface area (Å²) >= 11 is 12.3. The van der Waals surface area contributed by atoms with Gasteiger partial charge >= 0.3 is 0 Å². The molecule has 1 fully saturated rings. The van der Waals surface area contributed by atoms with Gasteiger partial charge in [-0.2, -0.15) is 0 Å². The third-order valence-electron chi connectivity index (χ3n) is 4.25. The highest BCUT2D eigenvalue weighted by Crippen LogP contribution is 2.54. The maximum atomic E-state index is 6.31. The van der Waals surface area contributed by atoms with Gasteiger partial charge in [0, 0.05) is 16.1 Å². The zero-order chi connectivity index (χ0) is 13.3. The first-order valence-electron chi connectivity index (χ1n) is 6.65. The highest BCUT2D eigenvalue weighted by Gasteiger charge is 2.48. The van der Waals surface area contributed by atoms with E-state index < -0.39 is 0 Å². The summed E-state index contributed by atoms with van der Waals surface area (Å²) < 4.78 is 0. The van der Waals surface area contributed by atoms with E-state index in [1.54, 1.807) is 0 Å². The first-order chi connectivity index (χ1) is 8.46. The summed E-state index contributed by atoms with van der Waals surface area (Å²) in [6, 6.07) is 6.45. The molecule has 0 bridgehead atoms. The second kappa shape index (κ2) is 5.40. The topological polar surface area (TPSA) is 12.0 Å². The first-order valence-corrected chi connectivity index (χ1v) is 7.40. The van der Waals surface area contributed by atoms with E-state index in [2.05, 4.69) is 32.2 Å². The van der Waals surface area contributed by atoms with Gasteiger partial charge in [-0.3, -0.25) is 0 Å². The van der Waals surface area contributed by atoms with Crippen molar-refractivity contribution in [3.63, 3.8) is 0 Å². The van der Waals surface area contributed by atoms with E-state index in [1.807, 2.05) is 12.1 Å². The third-order valence-corrected chi connectivity index (χ3v) is 4.81. The van der Waals surface area contributed by atoms with Gasteiger partial charge in [0.15, 0.2) is 0 Å². The Hall–Kier alpha value is -0.240. The molecule has 0 radical (unpaired) electrons. The summed E-state index contributed by atoms with van der Waals surface area (Å²) in [6.45, 7) is 7.93. The van der Waals surface area contributed by atoms with Crippen molar-refractivity contribution in [1.82, 2.24) is 5.32 Å². The largest absolute Gasteiger partial charge is 0.313 e. The number of benzene rings is 1. The summed E-state index contributed by atoms with van der Waals surface area (Å²) in [7, 11) is 0. The van der Waals surface area contributed by atoms with Crippen LogP contribution in [0.3, 0.4) is 0 Å². The van der Waals surface area contributed by atoms with Gasteiger partial charge in [0.05, 0.1) is 0 Å². The molecule has 0 amide bonds. The second-order valence-corrected chi connectivity index (χ2v) is 6.63. The maximum Gasteiger partial charge on any atom is 0.0455 e. The molecule has 0 heterocycles. The van der Waals surface area contributed by atoms with E-state index in [0.29, 0.717) is 17.0 Å². The van der Waals surface area contributed by atoms with Gasteiger partial charge in [0.1, 0.15) is 0 Å². The fraction of sp³-hybridized carbons (Fsp3) is 0.600. The molecule has 100 valence electrons. The molecule has 1 aromatic carbocycles. The quantitative estimate of drug-likeness (QED) is 0.832.